The van der Waals surface area contributed by atoms with Crippen LogP contribution in [0.1, 0.15) is 27.0 Å². The van der Waals surface area contributed by atoms with E-state index in [0.29, 0.717) is 28.6 Å². The van der Waals surface area contributed by atoms with Crippen LogP contribution >= 0.6 is 11.3 Å². The molecule has 6 nitrogen and oxygen atoms in total. The van der Waals surface area contributed by atoms with Gasteiger partial charge < -0.3 is 9.88 Å². The number of nitrogens with zero attached hydrogens (tertiary/aromatic N) is 2. The summed E-state index contributed by atoms with van der Waals surface area (Å²) in [4.78, 5) is 30.1. The second-order valence-electron chi connectivity index (χ2n) is 6.13. The number of amides is 2. The van der Waals surface area contributed by atoms with E-state index in [4.69, 9.17) is 0 Å². The summed E-state index contributed by atoms with van der Waals surface area (Å²) in [6, 6.07) is 18.2. The fraction of sp³-hybridized carbons (Fsp3) is 0.0952. The van der Waals surface area contributed by atoms with Crippen molar-refractivity contribution in [2.75, 3.05) is 10.6 Å². The van der Waals surface area contributed by atoms with Gasteiger partial charge in [-0.2, -0.15) is 0 Å². The summed E-state index contributed by atoms with van der Waals surface area (Å²) in [7, 11) is 0. The third-order valence-electron chi connectivity index (χ3n) is 4.32. The molecule has 0 spiro atoms. The molecule has 0 saturated carbocycles. The monoisotopic (exact) mass is 390 g/mol. The Labute approximate surface area is 165 Å². The van der Waals surface area contributed by atoms with Gasteiger partial charge >= 0.3 is 0 Å². The highest BCUT2D eigenvalue weighted by atomic mass is 32.1. The SMILES string of the molecule is CCn1c(NC(=O)c2cccc(NC(=O)c3cccs3)c2)nc2ccccc21. The van der Waals surface area contributed by atoms with Crippen LogP contribution in [0, 0.1) is 0 Å². The fourth-order valence-corrected chi connectivity index (χ4v) is 3.62. The van der Waals surface area contributed by atoms with E-state index in [-0.39, 0.29) is 11.8 Å². The van der Waals surface area contributed by atoms with Gasteiger partial charge in [0.25, 0.3) is 11.8 Å². The minimum Gasteiger partial charge on any atom is -0.321 e. The molecule has 0 fully saturated rings. The van der Waals surface area contributed by atoms with Crippen molar-refractivity contribution in [2.45, 2.75) is 13.5 Å². The Morgan fingerprint density at radius 3 is 2.64 bits per heavy atom. The number of hydrogen-bond acceptors (Lipinski definition) is 4. The molecule has 140 valence electrons. The van der Waals surface area contributed by atoms with Crippen LogP contribution in [0.3, 0.4) is 0 Å². The first-order chi connectivity index (χ1) is 13.7. The number of aromatic nitrogens is 2. The molecular formula is C21H18N4O2S. The number of fused-ring (bicyclic) bond motifs is 1. The van der Waals surface area contributed by atoms with Crippen LogP contribution in [0.25, 0.3) is 11.0 Å². The van der Waals surface area contributed by atoms with Gasteiger partial charge in [0, 0.05) is 17.8 Å². The smallest absolute Gasteiger partial charge is 0.265 e. The van der Waals surface area contributed by atoms with Crippen LogP contribution < -0.4 is 10.6 Å². The fourth-order valence-electron chi connectivity index (χ4n) is 3.00. The zero-order valence-corrected chi connectivity index (χ0v) is 16.0. The molecule has 2 aromatic carbocycles. The molecule has 0 atom stereocenters. The van der Waals surface area contributed by atoms with E-state index in [1.54, 1.807) is 30.3 Å². The van der Waals surface area contributed by atoms with Crippen molar-refractivity contribution in [2.24, 2.45) is 0 Å². The molecule has 7 heteroatoms. The van der Waals surface area contributed by atoms with E-state index in [1.165, 1.54) is 11.3 Å². The minimum absolute atomic E-state index is 0.194. The molecule has 0 aliphatic carbocycles. The van der Waals surface area contributed by atoms with Crippen LogP contribution in [0.5, 0.6) is 0 Å². The highest BCUT2D eigenvalue weighted by Gasteiger charge is 2.14. The van der Waals surface area contributed by atoms with Gasteiger partial charge in [0.2, 0.25) is 5.95 Å². The Hall–Kier alpha value is -3.45. The number of rotatable bonds is 5. The molecule has 2 N–H and O–H groups in total. The van der Waals surface area contributed by atoms with Gasteiger partial charge in [-0.05, 0) is 48.7 Å². The summed E-state index contributed by atoms with van der Waals surface area (Å²) in [5.74, 6) is 0.0271. The summed E-state index contributed by atoms with van der Waals surface area (Å²) in [5.41, 5.74) is 2.81. The molecule has 0 aliphatic heterocycles. The van der Waals surface area contributed by atoms with Gasteiger partial charge in [0.1, 0.15) is 0 Å². The van der Waals surface area contributed by atoms with E-state index >= 15 is 0 Å². The third kappa shape index (κ3) is 3.52. The van der Waals surface area contributed by atoms with Gasteiger partial charge in [-0.3, -0.25) is 14.9 Å². The number of aryl methyl sites for hydroxylation is 1. The minimum atomic E-state index is -0.280. The lowest BCUT2D eigenvalue weighted by Gasteiger charge is -2.09. The van der Waals surface area contributed by atoms with Crippen molar-refractivity contribution in [1.82, 2.24) is 9.55 Å². The normalized spacial score (nSPS) is 10.8. The summed E-state index contributed by atoms with van der Waals surface area (Å²) in [5, 5.41) is 7.54. The summed E-state index contributed by atoms with van der Waals surface area (Å²) in [6.07, 6.45) is 0. The molecule has 0 unspecified atom stereocenters. The maximum atomic E-state index is 12.8. The molecular weight excluding hydrogens is 372 g/mol. The van der Waals surface area contributed by atoms with Gasteiger partial charge in [-0.1, -0.05) is 24.3 Å². The number of para-hydroxylation sites is 2. The number of benzene rings is 2. The molecule has 0 bridgehead atoms. The second kappa shape index (κ2) is 7.66. The van der Waals surface area contributed by atoms with Gasteiger partial charge in [0.15, 0.2) is 0 Å². The maximum Gasteiger partial charge on any atom is 0.265 e. The van der Waals surface area contributed by atoms with Crippen molar-refractivity contribution in [3.05, 3.63) is 76.5 Å². The van der Waals surface area contributed by atoms with Crippen molar-refractivity contribution < 1.29 is 9.59 Å². The molecule has 2 heterocycles. The number of anilines is 2. The Kier molecular flexibility index (Phi) is 4.90. The van der Waals surface area contributed by atoms with Crippen molar-refractivity contribution in [3.63, 3.8) is 0 Å². The molecule has 0 aliphatic rings. The Bertz CT molecular complexity index is 1150. The van der Waals surface area contributed by atoms with Crippen molar-refractivity contribution >= 4 is 45.8 Å². The molecule has 4 rings (SSSR count). The van der Waals surface area contributed by atoms with Crippen molar-refractivity contribution in [3.8, 4) is 0 Å². The third-order valence-corrected chi connectivity index (χ3v) is 5.19. The highest BCUT2D eigenvalue weighted by Crippen LogP contribution is 2.21. The first-order valence-corrected chi connectivity index (χ1v) is 9.75. The van der Waals surface area contributed by atoms with E-state index in [2.05, 4.69) is 15.6 Å². The van der Waals surface area contributed by atoms with E-state index in [1.807, 2.05) is 47.2 Å². The molecule has 2 aromatic heterocycles. The second-order valence-corrected chi connectivity index (χ2v) is 7.08. The lowest BCUT2D eigenvalue weighted by molar-refractivity contribution is 0.101. The van der Waals surface area contributed by atoms with Crippen LogP contribution in [0.4, 0.5) is 11.6 Å². The van der Waals surface area contributed by atoms with Crippen molar-refractivity contribution in [1.29, 1.82) is 0 Å². The number of hydrogen-bond donors (Lipinski definition) is 2. The molecule has 2 amide bonds. The topological polar surface area (TPSA) is 76.0 Å². The van der Waals surface area contributed by atoms with Gasteiger partial charge in [-0.15, -0.1) is 11.3 Å². The van der Waals surface area contributed by atoms with Crippen LogP contribution in [-0.4, -0.2) is 21.4 Å². The highest BCUT2D eigenvalue weighted by molar-refractivity contribution is 7.12. The average molecular weight is 390 g/mol. The Morgan fingerprint density at radius 2 is 1.86 bits per heavy atom. The quantitative estimate of drug-likeness (QED) is 0.522. The lowest BCUT2D eigenvalue weighted by Crippen LogP contribution is -2.16. The molecule has 0 saturated heterocycles. The maximum absolute atomic E-state index is 12.8. The van der Waals surface area contributed by atoms with Crippen LogP contribution in [-0.2, 0) is 6.54 Å². The number of carbonyl (C=O) groups excluding carboxylic acids is 2. The number of thiophene rings is 1. The summed E-state index contributed by atoms with van der Waals surface area (Å²) in [6.45, 7) is 2.69. The standard InChI is InChI=1S/C21H18N4O2S/c1-2-25-17-10-4-3-9-16(17)23-21(25)24-19(26)14-7-5-8-15(13-14)22-20(27)18-11-6-12-28-18/h3-13H,2H2,1H3,(H,22,27)(H,23,24,26). The van der Waals surface area contributed by atoms with E-state index < -0.39 is 0 Å². The first-order valence-electron chi connectivity index (χ1n) is 8.87. The number of carbonyl (C=O) groups is 2. The lowest BCUT2D eigenvalue weighted by atomic mass is 10.2. The Morgan fingerprint density at radius 1 is 1.00 bits per heavy atom. The zero-order chi connectivity index (χ0) is 19.5. The Balaban J connectivity index is 1.55. The predicted octanol–water partition coefficient (Wildman–Crippen LogP) is 4.62. The van der Waals surface area contributed by atoms with Crippen LogP contribution in [0.2, 0.25) is 0 Å². The van der Waals surface area contributed by atoms with Gasteiger partial charge in [0.05, 0.1) is 15.9 Å². The summed E-state index contributed by atoms with van der Waals surface area (Å²) < 4.78 is 1.95. The van der Waals surface area contributed by atoms with Crippen LogP contribution in [0.15, 0.2) is 66.0 Å². The predicted molar refractivity (Wildman–Crippen MR) is 112 cm³/mol. The number of nitrogens with one attached hydrogen (secondary N) is 2. The molecule has 28 heavy (non-hydrogen) atoms. The average Bonchev–Trinajstić information content (AvgIpc) is 3.36. The van der Waals surface area contributed by atoms with E-state index in [9.17, 15) is 9.59 Å². The summed E-state index contributed by atoms with van der Waals surface area (Å²) >= 11 is 1.37. The zero-order valence-electron chi connectivity index (χ0n) is 15.2. The largest absolute Gasteiger partial charge is 0.321 e. The first kappa shape index (κ1) is 17.9. The number of imidazole rings is 1. The van der Waals surface area contributed by atoms with E-state index in [0.717, 1.165) is 11.0 Å². The molecule has 0 radical (unpaired) electrons. The van der Waals surface area contributed by atoms with Gasteiger partial charge in [-0.25, -0.2) is 4.98 Å². The molecule has 4 aromatic rings.